The Balaban J connectivity index is 2.84. The van der Waals surface area contributed by atoms with Crippen LogP contribution >= 0.6 is 0 Å². The van der Waals surface area contributed by atoms with Crippen LogP contribution in [0.15, 0.2) is 24.3 Å². The van der Waals surface area contributed by atoms with Crippen LogP contribution in [0.5, 0.6) is 0 Å². The van der Waals surface area contributed by atoms with Gasteiger partial charge in [0, 0.05) is 6.92 Å². The van der Waals surface area contributed by atoms with Crippen LogP contribution < -0.4 is 0 Å². The molecule has 0 atom stereocenters. The lowest BCUT2D eigenvalue weighted by atomic mass is 10.3. The summed E-state index contributed by atoms with van der Waals surface area (Å²) < 4.78 is 38.4. The number of nitrogens with zero attached hydrogens (tertiary/aromatic N) is 2. The minimum Gasteiger partial charge on any atom is -0.274 e. The summed E-state index contributed by atoms with van der Waals surface area (Å²) in [5, 5.41) is 0. The molecule has 2 aromatic rings. The fraction of sp³-hybridized carbons (Fsp3) is 0.200. The van der Waals surface area contributed by atoms with Gasteiger partial charge < -0.3 is 0 Å². The molecule has 6 heteroatoms. The van der Waals surface area contributed by atoms with Crippen LogP contribution in [-0.2, 0) is 6.18 Å². The molecule has 16 heavy (non-hydrogen) atoms. The second-order valence-corrected chi connectivity index (χ2v) is 3.28. The van der Waals surface area contributed by atoms with Crippen LogP contribution in [0.1, 0.15) is 17.5 Å². The zero-order chi connectivity index (χ0) is 11.9. The van der Waals surface area contributed by atoms with Crippen molar-refractivity contribution in [1.82, 2.24) is 9.55 Å². The molecule has 1 heterocycles. The van der Waals surface area contributed by atoms with Crippen LogP contribution in [0.4, 0.5) is 13.2 Å². The molecule has 2 rings (SSSR count). The van der Waals surface area contributed by atoms with Crippen LogP contribution in [0.25, 0.3) is 11.0 Å². The van der Waals surface area contributed by atoms with Gasteiger partial charge in [-0.05, 0) is 12.1 Å². The number of imidazole rings is 1. The minimum atomic E-state index is -4.63. The van der Waals surface area contributed by atoms with Crippen molar-refractivity contribution in [2.24, 2.45) is 0 Å². The van der Waals surface area contributed by atoms with E-state index in [0.29, 0.717) is 4.57 Å². The second-order valence-electron chi connectivity index (χ2n) is 3.28. The highest BCUT2D eigenvalue weighted by Crippen LogP contribution is 2.31. The topological polar surface area (TPSA) is 34.9 Å². The highest BCUT2D eigenvalue weighted by Gasteiger charge is 2.38. The molecule has 0 aliphatic heterocycles. The third kappa shape index (κ3) is 1.56. The summed E-state index contributed by atoms with van der Waals surface area (Å²) in [7, 11) is 0. The van der Waals surface area contributed by atoms with E-state index in [0.717, 1.165) is 6.92 Å². The molecule has 0 N–H and O–H groups in total. The van der Waals surface area contributed by atoms with E-state index in [1.54, 1.807) is 12.1 Å². The predicted octanol–water partition coefficient (Wildman–Crippen LogP) is 2.72. The Labute approximate surface area is 88.5 Å². The standard InChI is InChI=1S/C10H7F3N2O/c1-6(16)15-8-5-3-2-4-7(8)14-9(15)10(11,12)13/h2-5H,1H3. The summed E-state index contributed by atoms with van der Waals surface area (Å²) in [5.41, 5.74) is 0.326. The van der Waals surface area contributed by atoms with E-state index in [4.69, 9.17) is 0 Å². The van der Waals surface area contributed by atoms with Crippen molar-refractivity contribution in [3.8, 4) is 0 Å². The van der Waals surface area contributed by atoms with Crippen molar-refractivity contribution in [1.29, 1.82) is 0 Å². The molecular weight excluding hydrogens is 221 g/mol. The molecule has 0 unspecified atom stereocenters. The highest BCUT2D eigenvalue weighted by atomic mass is 19.4. The number of aromatic nitrogens is 2. The van der Waals surface area contributed by atoms with Gasteiger partial charge >= 0.3 is 6.18 Å². The van der Waals surface area contributed by atoms with Crippen molar-refractivity contribution in [3.63, 3.8) is 0 Å². The number of alkyl halides is 3. The molecule has 1 aromatic heterocycles. The quantitative estimate of drug-likeness (QED) is 0.694. The van der Waals surface area contributed by atoms with Crippen LogP contribution in [0.3, 0.4) is 0 Å². The Morgan fingerprint density at radius 2 is 1.94 bits per heavy atom. The molecule has 0 spiro atoms. The molecule has 0 aliphatic carbocycles. The van der Waals surface area contributed by atoms with Gasteiger partial charge in [0.05, 0.1) is 11.0 Å². The van der Waals surface area contributed by atoms with E-state index < -0.39 is 17.9 Å². The van der Waals surface area contributed by atoms with Crippen molar-refractivity contribution in [2.75, 3.05) is 0 Å². The average molecular weight is 228 g/mol. The van der Waals surface area contributed by atoms with Gasteiger partial charge in [-0.2, -0.15) is 13.2 Å². The van der Waals surface area contributed by atoms with Crippen molar-refractivity contribution in [2.45, 2.75) is 13.1 Å². The van der Waals surface area contributed by atoms with Gasteiger partial charge in [0.25, 0.3) is 0 Å². The van der Waals surface area contributed by atoms with E-state index in [1.165, 1.54) is 12.1 Å². The molecule has 0 aliphatic rings. The van der Waals surface area contributed by atoms with Gasteiger partial charge in [0.1, 0.15) is 0 Å². The number of halogens is 3. The summed E-state index contributed by atoms with van der Waals surface area (Å²) in [4.78, 5) is 14.6. The summed E-state index contributed by atoms with van der Waals surface area (Å²) in [6.07, 6.45) is -4.63. The van der Waals surface area contributed by atoms with Crippen molar-refractivity contribution >= 4 is 16.9 Å². The normalized spacial score (nSPS) is 12.0. The number of carbonyl (C=O) groups is 1. The van der Waals surface area contributed by atoms with Crippen molar-refractivity contribution < 1.29 is 18.0 Å². The molecular formula is C10H7F3N2O. The third-order valence-corrected chi connectivity index (χ3v) is 2.13. The zero-order valence-corrected chi connectivity index (χ0v) is 8.25. The lowest BCUT2D eigenvalue weighted by molar-refractivity contribution is -0.145. The number of rotatable bonds is 0. The monoisotopic (exact) mass is 228 g/mol. The number of hydrogen-bond donors (Lipinski definition) is 0. The molecule has 3 nitrogen and oxygen atoms in total. The van der Waals surface area contributed by atoms with Crippen molar-refractivity contribution in [3.05, 3.63) is 30.1 Å². The molecule has 0 fully saturated rings. The first-order chi connectivity index (χ1) is 7.41. The summed E-state index contributed by atoms with van der Waals surface area (Å²) >= 11 is 0. The van der Waals surface area contributed by atoms with E-state index in [2.05, 4.69) is 4.98 Å². The third-order valence-electron chi connectivity index (χ3n) is 2.13. The first-order valence-corrected chi connectivity index (χ1v) is 4.47. The number of benzene rings is 1. The lowest BCUT2D eigenvalue weighted by Gasteiger charge is -2.07. The molecule has 84 valence electrons. The van der Waals surface area contributed by atoms with Gasteiger partial charge in [-0.1, -0.05) is 12.1 Å². The first-order valence-electron chi connectivity index (χ1n) is 4.47. The molecule has 1 aromatic carbocycles. The smallest absolute Gasteiger partial charge is 0.274 e. The lowest BCUT2D eigenvalue weighted by Crippen LogP contribution is -2.18. The maximum atomic E-state index is 12.6. The molecule has 0 saturated heterocycles. The minimum absolute atomic E-state index is 0.157. The molecule has 0 radical (unpaired) electrons. The number of para-hydroxylation sites is 2. The zero-order valence-electron chi connectivity index (χ0n) is 8.25. The van der Waals surface area contributed by atoms with Crippen LogP contribution in [0, 0.1) is 0 Å². The average Bonchev–Trinajstić information content (AvgIpc) is 2.55. The number of carbonyl (C=O) groups excluding carboxylic acids is 1. The van der Waals surface area contributed by atoms with E-state index >= 15 is 0 Å². The second kappa shape index (κ2) is 3.33. The van der Waals surface area contributed by atoms with E-state index in [9.17, 15) is 18.0 Å². The van der Waals surface area contributed by atoms with E-state index in [-0.39, 0.29) is 11.0 Å². The Morgan fingerprint density at radius 3 is 2.50 bits per heavy atom. The summed E-state index contributed by atoms with van der Waals surface area (Å²) in [6.45, 7) is 1.07. The maximum Gasteiger partial charge on any atom is 0.450 e. The first kappa shape index (κ1) is 10.7. The number of hydrogen-bond acceptors (Lipinski definition) is 2. The highest BCUT2D eigenvalue weighted by molar-refractivity contribution is 5.90. The van der Waals surface area contributed by atoms with Crippen LogP contribution in [0.2, 0.25) is 0 Å². The summed E-state index contributed by atoms with van der Waals surface area (Å²) in [5.74, 6) is -1.89. The van der Waals surface area contributed by atoms with Gasteiger partial charge in [-0.15, -0.1) is 0 Å². The van der Waals surface area contributed by atoms with Crippen LogP contribution in [-0.4, -0.2) is 15.5 Å². The Bertz CT molecular complexity index is 557. The van der Waals surface area contributed by atoms with Gasteiger partial charge in [-0.3, -0.25) is 9.36 Å². The molecule has 0 saturated carbocycles. The maximum absolute atomic E-state index is 12.6. The SMILES string of the molecule is CC(=O)n1c(C(F)(F)F)nc2ccccc21. The Hall–Kier alpha value is -1.85. The molecule has 0 bridgehead atoms. The largest absolute Gasteiger partial charge is 0.450 e. The Kier molecular flexibility index (Phi) is 2.22. The fourth-order valence-corrected chi connectivity index (χ4v) is 1.53. The van der Waals surface area contributed by atoms with Gasteiger partial charge in [0.15, 0.2) is 0 Å². The predicted molar refractivity (Wildman–Crippen MR) is 51.0 cm³/mol. The number of fused-ring (bicyclic) bond motifs is 1. The summed E-state index contributed by atoms with van der Waals surface area (Å²) in [6, 6.07) is 5.99. The Morgan fingerprint density at radius 1 is 1.31 bits per heavy atom. The van der Waals surface area contributed by atoms with Gasteiger partial charge in [-0.25, -0.2) is 4.98 Å². The van der Waals surface area contributed by atoms with Gasteiger partial charge in [0.2, 0.25) is 11.7 Å². The fourth-order valence-electron chi connectivity index (χ4n) is 1.53. The molecule has 0 amide bonds. The van der Waals surface area contributed by atoms with E-state index in [1.807, 2.05) is 0 Å².